The Morgan fingerprint density at radius 3 is 2.20 bits per heavy atom. The van der Waals surface area contributed by atoms with Gasteiger partial charge in [-0.25, -0.2) is 0 Å². The Morgan fingerprint density at radius 2 is 1.60 bits per heavy atom. The molecule has 0 radical (unpaired) electrons. The Hall–Kier alpha value is -3.60. The molecule has 30 heavy (non-hydrogen) atoms. The molecule has 1 aliphatic heterocycles. The number of aryl methyl sites for hydroxylation is 1. The van der Waals surface area contributed by atoms with Crippen molar-refractivity contribution in [3.8, 4) is 5.75 Å². The highest BCUT2D eigenvalue weighted by atomic mass is 16.5. The SMILES string of the molecule is Cc1ccc2c(c1)N(CC(=O)NC(c1ccccc1)c1ccccc1)C(=O)[C@@H](C)O2. The largest absolute Gasteiger partial charge is 0.479 e. The zero-order valence-electron chi connectivity index (χ0n) is 17.0. The van der Waals surface area contributed by atoms with Crippen LogP contribution in [-0.4, -0.2) is 24.5 Å². The van der Waals surface area contributed by atoms with E-state index in [0.29, 0.717) is 11.4 Å². The molecule has 3 aromatic carbocycles. The van der Waals surface area contributed by atoms with Crippen LogP contribution in [0, 0.1) is 6.92 Å². The van der Waals surface area contributed by atoms with Crippen molar-refractivity contribution in [2.24, 2.45) is 0 Å². The number of nitrogens with zero attached hydrogens (tertiary/aromatic N) is 1. The van der Waals surface area contributed by atoms with Gasteiger partial charge in [-0.05, 0) is 42.7 Å². The normalized spacial score (nSPS) is 15.5. The van der Waals surface area contributed by atoms with E-state index in [-0.39, 0.29) is 24.4 Å². The van der Waals surface area contributed by atoms with Gasteiger partial charge in [0.1, 0.15) is 12.3 Å². The third-order valence-electron chi connectivity index (χ3n) is 5.20. The van der Waals surface area contributed by atoms with Crippen LogP contribution in [0.1, 0.15) is 29.7 Å². The predicted molar refractivity (Wildman–Crippen MR) is 116 cm³/mol. The standard InChI is InChI=1S/C25H24N2O3/c1-17-13-14-22-21(15-17)27(25(29)18(2)30-22)16-23(28)26-24(19-9-5-3-6-10-19)20-11-7-4-8-12-20/h3-15,18,24H,16H2,1-2H3,(H,26,28)/t18-/m1/s1. The van der Waals surface area contributed by atoms with Gasteiger partial charge >= 0.3 is 0 Å². The summed E-state index contributed by atoms with van der Waals surface area (Å²) in [6, 6.07) is 25.0. The van der Waals surface area contributed by atoms with E-state index in [9.17, 15) is 9.59 Å². The lowest BCUT2D eigenvalue weighted by Gasteiger charge is -2.33. The number of nitrogens with one attached hydrogen (secondary N) is 1. The third-order valence-corrected chi connectivity index (χ3v) is 5.20. The summed E-state index contributed by atoms with van der Waals surface area (Å²) < 4.78 is 5.71. The van der Waals surface area contributed by atoms with Crippen LogP contribution in [-0.2, 0) is 9.59 Å². The third kappa shape index (κ3) is 4.06. The van der Waals surface area contributed by atoms with Gasteiger partial charge in [-0.2, -0.15) is 0 Å². The van der Waals surface area contributed by atoms with Crippen LogP contribution < -0.4 is 15.0 Å². The first-order valence-corrected chi connectivity index (χ1v) is 10.0. The lowest BCUT2D eigenvalue weighted by Crippen LogP contribution is -2.49. The van der Waals surface area contributed by atoms with Crippen LogP contribution in [0.2, 0.25) is 0 Å². The number of fused-ring (bicyclic) bond motifs is 1. The fraction of sp³-hybridized carbons (Fsp3) is 0.200. The highest BCUT2D eigenvalue weighted by molar-refractivity contribution is 6.03. The summed E-state index contributed by atoms with van der Waals surface area (Å²) in [5, 5.41) is 3.10. The molecule has 2 amide bonds. The molecule has 152 valence electrons. The van der Waals surface area contributed by atoms with Crippen molar-refractivity contribution < 1.29 is 14.3 Å². The molecule has 4 rings (SSSR count). The molecule has 0 aliphatic carbocycles. The molecule has 3 aromatic rings. The first-order chi connectivity index (χ1) is 14.5. The topological polar surface area (TPSA) is 58.6 Å². The highest BCUT2D eigenvalue weighted by Gasteiger charge is 2.33. The molecule has 1 N–H and O–H groups in total. The maximum Gasteiger partial charge on any atom is 0.268 e. The van der Waals surface area contributed by atoms with Gasteiger partial charge in [0, 0.05) is 0 Å². The molecule has 5 heteroatoms. The summed E-state index contributed by atoms with van der Waals surface area (Å²) in [6.45, 7) is 3.58. The number of anilines is 1. The molecule has 1 heterocycles. The fourth-order valence-electron chi connectivity index (χ4n) is 3.68. The summed E-state index contributed by atoms with van der Waals surface area (Å²) >= 11 is 0. The number of amides is 2. The van der Waals surface area contributed by atoms with Gasteiger partial charge in [0.15, 0.2) is 6.10 Å². The lowest BCUT2D eigenvalue weighted by atomic mass is 9.98. The van der Waals surface area contributed by atoms with Gasteiger partial charge in [-0.1, -0.05) is 66.7 Å². The zero-order chi connectivity index (χ0) is 21.1. The highest BCUT2D eigenvalue weighted by Crippen LogP contribution is 2.34. The Labute approximate surface area is 176 Å². The number of benzene rings is 3. The van der Waals surface area contributed by atoms with E-state index in [2.05, 4.69) is 5.32 Å². The quantitative estimate of drug-likeness (QED) is 0.704. The van der Waals surface area contributed by atoms with Gasteiger partial charge in [-0.3, -0.25) is 14.5 Å². The molecular formula is C25H24N2O3. The lowest BCUT2D eigenvalue weighted by molar-refractivity contribution is -0.128. The zero-order valence-corrected chi connectivity index (χ0v) is 17.0. The molecule has 0 saturated heterocycles. The van der Waals surface area contributed by atoms with Gasteiger partial charge in [-0.15, -0.1) is 0 Å². The van der Waals surface area contributed by atoms with Crippen LogP contribution in [0.4, 0.5) is 5.69 Å². The Balaban J connectivity index is 1.60. The molecular weight excluding hydrogens is 376 g/mol. The van der Waals surface area contributed by atoms with E-state index >= 15 is 0 Å². The number of ether oxygens (including phenoxy) is 1. The van der Waals surface area contributed by atoms with Crippen molar-refractivity contribution in [1.29, 1.82) is 0 Å². The minimum atomic E-state index is -0.632. The van der Waals surface area contributed by atoms with E-state index in [1.54, 1.807) is 6.92 Å². The van der Waals surface area contributed by atoms with Gasteiger partial charge in [0.2, 0.25) is 5.91 Å². The van der Waals surface area contributed by atoms with E-state index < -0.39 is 6.10 Å². The molecule has 0 aromatic heterocycles. The van der Waals surface area contributed by atoms with Gasteiger partial charge < -0.3 is 10.1 Å². The molecule has 0 unspecified atom stereocenters. The van der Waals surface area contributed by atoms with Crippen LogP contribution in [0.25, 0.3) is 0 Å². The fourth-order valence-corrected chi connectivity index (χ4v) is 3.68. The van der Waals surface area contributed by atoms with Crippen molar-refractivity contribution >= 4 is 17.5 Å². The number of carbonyl (C=O) groups excluding carboxylic acids is 2. The van der Waals surface area contributed by atoms with E-state index in [0.717, 1.165) is 16.7 Å². The van der Waals surface area contributed by atoms with Crippen molar-refractivity contribution in [3.05, 3.63) is 95.6 Å². The van der Waals surface area contributed by atoms with Crippen LogP contribution in [0.5, 0.6) is 5.75 Å². The van der Waals surface area contributed by atoms with Crippen molar-refractivity contribution in [2.45, 2.75) is 26.0 Å². The van der Waals surface area contributed by atoms with Gasteiger partial charge in [0.05, 0.1) is 11.7 Å². The second-order valence-electron chi connectivity index (χ2n) is 7.48. The second kappa shape index (κ2) is 8.41. The monoisotopic (exact) mass is 400 g/mol. The summed E-state index contributed by atoms with van der Waals surface area (Å²) in [5.74, 6) is 0.157. The summed E-state index contributed by atoms with van der Waals surface area (Å²) in [5.41, 5.74) is 3.59. The predicted octanol–water partition coefficient (Wildman–Crippen LogP) is 4.01. The molecule has 0 spiro atoms. The average molecular weight is 400 g/mol. The van der Waals surface area contributed by atoms with Crippen molar-refractivity contribution in [2.75, 3.05) is 11.4 Å². The second-order valence-corrected chi connectivity index (χ2v) is 7.48. The van der Waals surface area contributed by atoms with Crippen LogP contribution in [0.3, 0.4) is 0 Å². The summed E-state index contributed by atoms with van der Waals surface area (Å²) in [6.07, 6.45) is -0.632. The van der Waals surface area contributed by atoms with Crippen LogP contribution in [0.15, 0.2) is 78.9 Å². The van der Waals surface area contributed by atoms with E-state index in [4.69, 9.17) is 4.74 Å². The maximum absolute atomic E-state index is 13.1. The molecule has 0 bridgehead atoms. The smallest absolute Gasteiger partial charge is 0.268 e. The maximum atomic E-state index is 13.1. The van der Waals surface area contributed by atoms with Crippen molar-refractivity contribution in [1.82, 2.24) is 5.32 Å². The number of hydrogen-bond donors (Lipinski definition) is 1. The Kier molecular flexibility index (Phi) is 5.53. The average Bonchev–Trinajstić information content (AvgIpc) is 2.77. The minimum absolute atomic E-state index is 0.0703. The molecule has 0 saturated carbocycles. The Morgan fingerprint density at radius 1 is 1.00 bits per heavy atom. The number of hydrogen-bond acceptors (Lipinski definition) is 3. The summed E-state index contributed by atoms with van der Waals surface area (Å²) in [7, 11) is 0. The Bertz CT molecular complexity index is 1010. The van der Waals surface area contributed by atoms with Gasteiger partial charge in [0.25, 0.3) is 5.91 Å². The van der Waals surface area contributed by atoms with Crippen molar-refractivity contribution in [3.63, 3.8) is 0 Å². The molecule has 0 fully saturated rings. The van der Waals surface area contributed by atoms with E-state index in [1.807, 2.05) is 85.8 Å². The number of carbonyl (C=O) groups is 2. The molecule has 1 atom stereocenters. The van der Waals surface area contributed by atoms with Crippen LogP contribution >= 0.6 is 0 Å². The first-order valence-electron chi connectivity index (χ1n) is 10.0. The van der Waals surface area contributed by atoms with E-state index in [1.165, 1.54) is 4.90 Å². The summed E-state index contributed by atoms with van der Waals surface area (Å²) in [4.78, 5) is 27.4. The number of rotatable bonds is 5. The first kappa shape index (κ1) is 19.7. The minimum Gasteiger partial charge on any atom is -0.479 e. The molecule has 1 aliphatic rings. The molecule has 5 nitrogen and oxygen atoms in total.